The molecule has 0 N–H and O–H groups in total. The van der Waals surface area contributed by atoms with Gasteiger partial charge >= 0.3 is 20.1 Å². The van der Waals surface area contributed by atoms with Crippen molar-refractivity contribution in [3.05, 3.63) is 41.2 Å². The van der Waals surface area contributed by atoms with E-state index >= 15 is 0 Å². The van der Waals surface area contributed by atoms with E-state index in [1.165, 1.54) is 6.20 Å². The van der Waals surface area contributed by atoms with Crippen molar-refractivity contribution in [3.8, 4) is 6.07 Å². The maximum atomic E-state index is 8.79. The predicted octanol–water partition coefficient (Wildman–Crippen LogP) is 2.76. The van der Waals surface area contributed by atoms with Gasteiger partial charge in [0, 0.05) is 17.0 Å². The number of aromatic nitrogens is 1. The smallest absolute Gasteiger partial charge is 0.243 e. The van der Waals surface area contributed by atoms with Crippen LogP contribution < -0.4 is 0 Å². The summed E-state index contributed by atoms with van der Waals surface area (Å²) in [6.07, 6.45) is 1.49. The van der Waals surface area contributed by atoms with Gasteiger partial charge in [-0.3, -0.25) is 0 Å². The molecule has 0 bridgehead atoms. The summed E-state index contributed by atoms with van der Waals surface area (Å²) in [7, 11) is 0. The van der Waals surface area contributed by atoms with E-state index < -0.39 is 0 Å². The monoisotopic (exact) mass is 381 g/mol. The first-order chi connectivity index (χ1) is 6.33. The minimum absolute atomic E-state index is 0. The number of halogens is 1. The molecular formula is C10H5ClIrN2+3. The first-order valence-electron chi connectivity index (χ1n) is 3.76. The molecule has 1 aromatic carbocycles. The standard InChI is InChI=1S/C10H5ClN2.Ir/c11-10-9-4-2-1-3-8(9)7(5-12)6-13-10;/h1-4,6H;/q;+3. The molecule has 0 spiro atoms. The fourth-order valence-corrected chi connectivity index (χ4v) is 1.46. The quantitative estimate of drug-likeness (QED) is 0.659. The summed E-state index contributed by atoms with van der Waals surface area (Å²) in [5, 5.41) is 10.9. The van der Waals surface area contributed by atoms with Crippen LogP contribution in [0.25, 0.3) is 10.8 Å². The summed E-state index contributed by atoms with van der Waals surface area (Å²) in [5.41, 5.74) is 0.556. The van der Waals surface area contributed by atoms with E-state index in [4.69, 9.17) is 16.9 Å². The molecule has 0 fully saturated rings. The first kappa shape index (κ1) is 11.1. The number of benzene rings is 1. The number of pyridine rings is 1. The van der Waals surface area contributed by atoms with Gasteiger partial charge in [-0.25, -0.2) is 4.98 Å². The van der Waals surface area contributed by atoms with Crippen molar-refractivity contribution in [3.63, 3.8) is 0 Å². The molecule has 0 aliphatic carbocycles. The molecule has 2 nitrogen and oxygen atoms in total. The Bertz CT molecular complexity index is 505. The fraction of sp³-hybridized carbons (Fsp3) is 0. The van der Waals surface area contributed by atoms with Gasteiger partial charge in [-0.15, -0.1) is 0 Å². The van der Waals surface area contributed by atoms with Gasteiger partial charge in [0.2, 0.25) is 0 Å². The summed E-state index contributed by atoms with van der Waals surface area (Å²) in [4.78, 5) is 3.92. The van der Waals surface area contributed by atoms with Gasteiger partial charge in [0.15, 0.2) is 0 Å². The van der Waals surface area contributed by atoms with Crippen LogP contribution in [-0.4, -0.2) is 4.98 Å². The largest absolute Gasteiger partial charge is 3.00 e. The molecule has 0 amide bonds. The number of fused-ring (bicyclic) bond motifs is 1. The second-order valence-electron chi connectivity index (χ2n) is 2.62. The Hall–Kier alpha value is -0.941. The minimum Gasteiger partial charge on any atom is -0.243 e. The van der Waals surface area contributed by atoms with E-state index in [1.54, 1.807) is 0 Å². The van der Waals surface area contributed by atoms with E-state index in [0.29, 0.717) is 10.7 Å². The molecule has 68 valence electrons. The molecule has 1 heterocycles. The molecule has 0 saturated heterocycles. The van der Waals surface area contributed by atoms with Gasteiger partial charge in [0.1, 0.15) is 11.2 Å². The van der Waals surface area contributed by atoms with E-state index in [2.05, 4.69) is 11.1 Å². The third-order valence-electron chi connectivity index (χ3n) is 1.87. The van der Waals surface area contributed by atoms with Gasteiger partial charge in [-0.2, -0.15) is 5.26 Å². The van der Waals surface area contributed by atoms with Crippen molar-refractivity contribution in [1.82, 2.24) is 4.98 Å². The van der Waals surface area contributed by atoms with Crippen molar-refractivity contribution in [1.29, 1.82) is 5.26 Å². The second kappa shape index (κ2) is 4.52. The molecule has 2 aromatic rings. The van der Waals surface area contributed by atoms with Crippen molar-refractivity contribution in [2.75, 3.05) is 0 Å². The van der Waals surface area contributed by atoms with Crippen molar-refractivity contribution in [2.45, 2.75) is 0 Å². The van der Waals surface area contributed by atoms with E-state index in [-0.39, 0.29) is 20.1 Å². The Morgan fingerprint density at radius 3 is 2.50 bits per heavy atom. The zero-order valence-electron chi connectivity index (χ0n) is 6.99. The number of nitriles is 1. The summed E-state index contributed by atoms with van der Waals surface area (Å²) in [6, 6.07) is 9.54. The van der Waals surface area contributed by atoms with Crippen LogP contribution in [0, 0.1) is 11.3 Å². The number of hydrogen-bond donors (Lipinski definition) is 0. The molecular weight excluding hydrogens is 376 g/mol. The Morgan fingerprint density at radius 2 is 1.86 bits per heavy atom. The predicted molar refractivity (Wildman–Crippen MR) is 51.5 cm³/mol. The Kier molecular flexibility index (Phi) is 3.60. The summed E-state index contributed by atoms with van der Waals surface area (Å²) >= 11 is 5.87. The van der Waals surface area contributed by atoms with Gasteiger partial charge in [0.05, 0.1) is 5.56 Å². The summed E-state index contributed by atoms with van der Waals surface area (Å²) in [6.45, 7) is 0. The van der Waals surface area contributed by atoms with Crippen LogP contribution in [0.4, 0.5) is 0 Å². The van der Waals surface area contributed by atoms with Gasteiger partial charge < -0.3 is 0 Å². The van der Waals surface area contributed by atoms with Crippen molar-refractivity contribution in [2.24, 2.45) is 0 Å². The summed E-state index contributed by atoms with van der Waals surface area (Å²) in [5.74, 6) is 0. The Morgan fingerprint density at radius 1 is 1.21 bits per heavy atom. The van der Waals surface area contributed by atoms with E-state index in [0.717, 1.165) is 10.8 Å². The van der Waals surface area contributed by atoms with Crippen molar-refractivity contribution < 1.29 is 20.1 Å². The first-order valence-corrected chi connectivity index (χ1v) is 4.14. The van der Waals surface area contributed by atoms with Crippen LogP contribution >= 0.6 is 11.6 Å². The number of hydrogen-bond acceptors (Lipinski definition) is 2. The van der Waals surface area contributed by atoms with Crippen LogP contribution in [0.1, 0.15) is 5.56 Å². The maximum Gasteiger partial charge on any atom is 3.00 e. The molecule has 0 radical (unpaired) electrons. The number of nitrogens with zero attached hydrogens (tertiary/aromatic N) is 2. The zero-order chi connectivity index (χ0) is 9.26. The van der Waals surface area contributed by atoms with Gasteiger partial charge in [-0.1, -0.05) is 35.9 Å². The van der Waals surface area contributed by atoms with Crippen molar-refractivity contribution >= 4 is 22.4 Å². The molecule has 0 aliphatic rings. The van der Waals surface area contributed by atoms with E-state index in [9.17, 15) is 0 Å². The second-order valence-corrected chi connectivity index (χ2v) is 2.98. The maximum absolute atomic E-state index is 8.79. The van der Waals surface area contributed by atoms with Crippen LogP contribution in [0.5, 0.6) is 0 Å². The topological polar surface area (TPSA) is 36.7 Å². The van der Waals surface area contributed by atoms with Crippen LogP contribution in [0.15, 0.2) is 30.5 Å². The molecule has 0 aliphatic heterocycles. The molecule has 0 unspecified atom stereocenters. The van der Waals surface area contributed by atoms with Crippen LogP contribution in [0.3, 0.4) is 0 Å². The Labute approximate surface area is 99.9 Å². The van der Waals surface area contributed by atoms with Crippen LogP contribution in [0.2, 0.25) is 5.15 Å². The third kappa shape index (κ3) is 1.78. The number of rotatable bonds is 0. The fourth-order valence-electron chi connectivity index (χ4n) is 1.25. The molecule has 1 aromatic heterocycles. The third-order valence-corrected chi connectivity index (χ3v) is 2.17. The van der Waals surface area contributed by atoms with E-state index in [1.807, 2.05) is 24.3 Å². The molecule has 0 saturated carbocycles. The van der Waals surface area contributed by atoms with Gasteiger partial charge in [0.25, 0.3) is 0 Å². The van der Waals surface area contributed by atoms with Gasteiger partial charge in [-0.05, 0) is 0 Å². The minimum atomic E-state index is 0. The molecule has 14 heavy (non-hydrogen) atoms. The molecule has 0 atom stereocenters. The Balaban J connectivity index is 0.000000980. The summed E-state index contributed by atoms with van der Waals surface area (Å²) < 4.78 is 0. The average molecular weight is 381 g/mol. The molecule has 4 heteroatoms. The molecule has 2 rings (SSSR count). The SMILES string of the molecule is N#Cc1cnc(Cl)c2ccccc12.[Ir+3]. The van der Waals surface area contributed by atoms with Crippen LogP contribution in [-0.2, 0) is 20.1 Å². The zero-order valence-corrected chi connectivity index (χ0v) is 10.1. The average Bonchev–Trinajstić information content (AvgIpc) is 2.19. The normalized spacial score (nSPS) is 9.14.